The first-order valence-electron chi connectivity index (χ1n) is 13.8. The van der Waals surface area contributed by atoms with Crippen LogP contribution >= 0.6 is 0 Å². The molecule has 0 aromatic rings. The van der Waals surface area contributed by atoms with Gasteiger partial charge in [-0.05, 0) is 105 Å². The standard InChI is InChI=1S/C30H46O3/c1-7-9-19-18-29(5)23(27(2,3)25(19)31)14-16-28(4)21-13-17-30(26(32)33-6)15-8-10-22(30)20(21)11-12-24(28)29/h7,19-24H,1,8-18H2,2-6H3/t19-,20?,21?,22?,23?,24?,28-,29-,30-/m0/s1. The van der Waals surface area contributed by atoms with Gasteiger partial charge in [0, 0.05) is 11.3 Å². The van der Waals surface area contributed by atoms with E-state index < -0.39 is 0 Å². The van der Waals surface area contributed by atoms with Gasteiger partial charge in [-0.2, -0.15) is 0 Å². The number of esters is 1. The highest BCUT2D eigenvalue weighted by atomic mass is 16.5. The molecule has 33 heavy (non-hydrogen) atoms. The van der Waals surface area contributed by atoms with E-state index in [1.54, 1.807) is 7.11 Å². The van der Waals surface area contributed by atoms with Gasteiger partial charge in [-0.15, -0.1) is 6.58 Å². The molecule has 0 aliphatic heterocycles. The summed E-state index contributed by atoms with van der Waals surface area (Å²) in [7, 11) is 1.59. The Kier molecular flexibility index (Phi) is 5.50. The Morgan fingerprint density at radius 1 is 0.970 bits per heavy atom. The van der Waals surface area contributed by atoms with Crippen LogP contribution in [0.3, 0.4) is 0 Å². The van der Waals surface area contributed by atoms with E-state index in [0.29, 0.717) is 40.8 Å². The lowest BCUT2D eigenvalue weighted by Crippen LogP contribution is -2.64. The van der Waals surface area contributed by atoms with Crippen LogP contribution in [0.25, 0.3) is 0 Å². The van der Waals surface area contributed by atoms with Crippen molar-refractivity contribution < 1.29 is 14.3 Å². The molecule has 0 heterocycles. The highest BCUT2D eigenvalue weighted by Crippen LogP contribution is 2.73. The number of allylic oxidation sites excluding steroid dienone is 1. The van der Waals surface area contributed by atoms with Crippen molar-refractivity contribution in [1.82, 2.24) is 0 Å². The molecule has 0 bridgehead atoms. The average molecular weight is 455 g/mol. The van der Waals surface area contributed by atoms with Crippen molar-refractivity contribution in [1.29, 1.82) is 0 Å². The zero-order chi connectivity index (χ0) is 23.8. The van der Waals surface area contributed by atoms with E-state index in [2.05, 4.69) is 34.3 Å². The van der Waals surface area contributed by atoms with E-state index in [-0.39, 0.29) is 28.1 Å². The molecule has 5 fully saturated rings. The van der Waals surface area contributed by atoms with Crippen molar-refractivity contribution in [2.24, 2.45) is 57.2 Å². The smallest absolute Gasteiger partial charge is 0.312 e. The molecule has 5 rings (SSSR count). The van der Waals surface area contributed by atoms with E-state index in [9.17, 15) is 9.59 Å². The number of carbonyl (C=O) groups excluding carboxylic acids is 2. The number of hydrogen-bond donors (Lipinski definition) is 0. The van der Waals surface area contributed by atoms with Crippen molar-refractivity contribution in [3.8, 4) is 0 Å². The molecule has 0 radical (unpaired) electrons. The maximum Gasteiger partial charge on any atom is 0.312 e. The van der Waals surface area contributed by atoms with Crippen LogP contribution in [0.5, 0.6) is 0 Å². The minimum Gasteiger partial charge on any atom is -0.469 e. The van der Waals surface area contributed by atoms with Crippen molar-refractivity contribution >= 4 is 11.8 Å². The molecule has 3 nitrogen and oxygen atoms in total. The highest BCUT2D eigenvalue weighted by molar-refractivity contribution is 5.88. The van der Waals surface area contributed by atoms with E-state index >= 15 is 0 Å². The van der Waals surface area contributed by atoms with Crippen LogP contribution in [0.15, 0.2) is 12.7 Å². The summed E-state index contributed by atoms with van der Waals surface area (Å²) in [6, 6.07) is 0. The van der Waals surface area contributed by atoms with Gasteiger partial charge in [0.05, 0.1) is 12.5 Å². The highest BCUT2D eigenvalue weighted by Gasteiger charge is 2.68. The normalized spacial score (nSPS) is 50.4. The van der Waals surface area contributed by atoms with Crippen molar-refractivity contribution in [2.45, 2.75) is 98.3 Å². The molecule has 9 atom stereocenters. The number of rotatable bonds is 3. The van der Waals surface area contributed by atoms with Gasteiger partial charge in [0.2, 0.25) is 0 Å². The lowest BCUT2D eigenvalue weighted by Gasteiger charge is -2.68. The second kappa shape index (κ2) is 7.69. The second-order valence-corrected chi connectivity index (χ2v) is 13.7. The predicted molar refractivity (Wildman–Crippen MR) is 131 cm³/mol. The van der Waals surface area contributed by atoms with Crippen molar-refractivity contribution in [3.63, 3.8) is 0 Å². The van der Waals surface area contributed by atoms with Crippen LogP contribution in [0.1, 0.15) is 98.3 Å². The van der Waals surface area contributed by atoms with Gasteiger partial charge >= 0.3 is 5.97 Å². The van der Waals surface area contributed by atoms with E-state index in [1.165, 1.54) is 44.9 Å². The van der Waals surface area contributed by atoms with Crippen LogP contribution in [-0.2, 0) is 14.3 Å². The minimum absolute atomic E-state index is 0.0752. The fourth-order valence-corrected chi connectivity index (χ4v) is 11.3. The number of hydrogen-bond acceptors (Lipinski definition) is 3. The van der Waals surface area contributed by atoms with Gasteiger partial charge in [0.1, 0.15) is 5.78 Å². The average Bonchev–Trinajstić information content (AvgIpc) is 3.22. The third-order valence-corrected chi connectivity index (χ3v) is 12.4. The van der Waals surface area contributed by atoms with Crippen molar-refractivity contribution in [2.75, 3.05) is 7.11 Å². The summed E-state index contributed by atoms with van der Waals surface area (Å²) in [4.78, 5) is 26.4. The summed E-state index contributed by atoms with van der Waals surface area (Å²) in [6.07, 6.45) is 14.4. The number of ketones is 1. The van der Waals surface area contributed by atoms with Gasteiger partial charge in [-0.25, -0.2) is 0 Å². The summed E-state index contributed by atoms with van der Waals surface area (Å²) in [5.41, 5.74) is 0.106. The summed E-state index contributed by atoms with van der Waals surface area (Å²) >= 11 is 0. The predicted octanol–water partition coefficient (Wildman–Crippen LogP) is 7.00. The second-order valence-electron chi connectivity index (χ2n) is 13.7. The lowest BCUT2D eigenvalue weighted by atomic mass is 9.35. The summed E-state index contributed by atoms with van der Waals surface area (Å²) in [5, 5.41) is 0. The first-order valence-corrected chi connectivity index (χ1v) is 13.8. The number of fused-ring (bicyclic) bond motifs is 7. The van der Waals surface area contributed by atoms with Gasteiger partial charge in [0.25, 0.3) is 0 Å². The third kappa shape index (κ3) is 2.99. The number of ether oxygens (including phenoxy) is 1. The molecular formula is C30H46O3. The molecule has 0 aromatic carbocycles. The Morgan fingerprint density at radius 3 is 2.42 bits per heavy atom. The molecule has 5 unspecified atom stereocenters. The van der Waals surface area contributed by atoms with Crippen LogP contribution < -0.4 is 0 Å². The number of carbonyl (C=O) groups is 2. The number of methoxy groups -OCH3 is 1. The molecular weight excluding hydrogens is 408 g/mol. The summed E-state index contributed by atoms with van der Waals surface area (Å²) in [6.45, 7) is 13.6. The number of Topliss-reactive ketones (excluding diaryl/α,β-unsaturated/α-hetero) is 1. The van der Waals surface area contributed by atoms with Gasteiger partial charge < -0.3 is 4.74 Å². The molecule has 0 spiro atoms. The molecule has 0 aromatic heterocycles. The van der Waals surface area contributed by atoms with Gasteiger partial charge in [0.15, 0.2) is 0 Å². The Bertz CT molecular complexity index is 843. The Labute approximate surface area is 201 Å². The van der Waals surface area contributed by atoms with Crippen LogP contribution in [0.2, 0.25) is 0 Å². The molecule has 184 valence electrons. The SMILES string of the molecule is C=CC[C@H]1C[C@@]2(C)C(CC[C@@]3(C)C4CC[C@@]5(C(=O)OC)CCCC5C4CCC32)C(C)(C)C1=O. The van der Waals surface area contributed by atoms with E-state index in [0.717, 1.165) is 25.7 Å². The largest absolute Gasteiger partial charge is 0.469 e. The van der Waals surface area contributed by atoms with Crippen LogP contribution in [0, 0.1) is 57.2 Å². The maximum atomic E-state index is 13.5. The monoisotopic (exact) mass is 454 g/mol. The molecule has 3 heteroatoms. The zero-order valence-corrected chi connectivity index (χ0v) is 21.8. The van der Waals surface area contributed by atoms with Crippen LogP contribution in [0.4, 0.5) is 0 Å². The molecule has 5 aliphatic carbocycles. The first-order chi connectivity index (χ1) is 15.6. The molecule has 0 amide bonds. The van der Waals surface area contributed by atoms with Gasteiger partial charge in [-0.1, -0.05) is 40.2 Å². The third-order valence-electron chi connectivity index (χ3n) is 12.4. The molecule has 0 N–H and O–H groups in total. The lowest BCUT2D eigenvalue weighted by molar-refractivity contribution is -0.206. The van der Waals surface area contributed by atoms with E-state index in [1.807, 2.05) is 6.08 Å². The summed E-state index contributed by atoms with van der Waals surface area (Å²) < 4.78 is 5.38. The topological polar surface area (TPSA) is 43.4 Å². The maximum absolute atomic E-state index is 13.5. The van der Waals surface area contributed by atoms with Crippen LogP contribution in [-0.4, -0.2) is 18.9 Å². The van der Waals surface area contributed by atoms with Gasteiger partial charge in [-0.3, -0.25) is 9.59 Å². The molecule has 5 saturated carbocycles. The fraction of sp³-hybridized carbons (Fsp3) is 0.867. The summed E-state index contributed by atoms with van der Waals surface area (Å²) in [5.74, 6) is 3.75. The zero-order valence-electron chi connectivity index (χ0n) is 21.8. The minimum atomic E-state index is -0.239. The molecule has 0 saturated heterocycles. The Balaban J connectivity index is 1.49. The first kappa shape index (κ1) is 23.6. The van der Waals surface area contributed by atoms with Crippen molar-refractivity contribution in [3.05, 3.63) is 12.7 Å². The quantitative estimate of drug-likeness (QED) is 0.341. The molecule has 5 aliphatic rings. The van der Waals surface area contributed by atoms with E-state index in [4.69, 9.17) is 4.74 Å². The fourth-order valence-electron chi connectivity index (χ4n) is 11.3. The Morgan fingerprint density at radius 2 is 1.73 bits per heavy atom. The Hall–Kier alpha value is -1.12.